The van der Waals surface area contributed by atoms with Crippen LogP contribution in [0.4, 0.5) is 0 Å². The maximum atomic E-state index is 12.2. The molecule has 6 aromatic carbocycles. The lowest BCUT2D eigenvalue weighted by Crippen LogP contribution is -2.30. The second-order valence-corrected chi connectivity index (χ2v) is 14.5. The zero-order chi connectivity index (χ0) is 48.0. The summed E-state index contributed by atoms with van der Waals surface area (Å²) in [5.41, 5.74) is -1.28. The summed E-state index contributed by atoms with van der Waals surface area (Å²) in [4.78, 5) is 24.3. The summed E-state index contributed by atoms with van der Waals surface area (Å²) in [6.07, 6.45) is -1.56. The number of phenols is 13. The predicted octanol–water partition coefficient (Wildman–Crippen LogP) is 5.23. The minimum Gasteiger partial charge on any atom is -0.508 e. The van der Waals surface area contributed by atoms with Crippen LogP contribution >= 0.6 is 0 Å². The first kappa shape index (κ1) is 44.6. The van der Waals surface area contributed by atoms with Crippen LogP contribution in [-0.2, 0) is 6.42 Å². The summed E-state index contributed by atoms with van der Waals surface area (Å²) >= 11 is 0. The molecule has 0 radical (unpaired) electrons. The van der Waals surface area contributed by atoms with Crippen LogP contribution in [0.2, 0.25) is 0 Å². The lowest BCUT2D eigenvalue weighted by atomic mass is 9.94. The molecule has 0 aliphatic carbocycles. The van der Waals surface area contributed by atoms with Gasteiger partial charge in [-0.25, -0.2) is 0 Å². The number of hydrogen-bond acceptors (Lipinski definition) is 21. The van der Waals surface area contributed by atoms with Crippen molar-refractivity contribution >= 4 is 21.9 Å². The van der Waals surface area contributed by atoms with Crippen LogP contribution in [0.25, 0.3) is 44.6 Å². The number of rotatable bonds is 3. The average Bonchev–Trinajstić information content (AvgIpc) is 3.24. The molecule has 16 N–H and O–H groups in total. The van der Waals surface area contributed by atoms with Crippen LogP contribution < -0.4 is 15.6 Å². The first-order valence-electron chi connectivity index (χ1n) is 18.8. The lowest BCUT2D eigenvalue weighted by molar-refractivity contribution is 0.0197. The van der Waals surface area contributed by atoms with Crippen molar-refractivity contribution in [3.63, 3.8) is 0 Å². The largest absolute Gasteiger partial charge is 0.508 e. The number of benzene rings is 6. The Bertz CT molecular complexity index is 3330. The second-order valence-electron chi connectivity index (χ2n) is 14.5. The molecule has 0 amide bonds. The summed E-state index contributed by atoms with van der Waals surface area (Å²) in [5.74, 6) is -7.70. The molecule has 8 aromatic rings. The van der Waals surface area contributed by atoms with Crippen molar-refractivity contribution in [2.45, 2.75) is 18.6 Å². The van der Waals surface area contributed by atoms with E-state index in [9.17, 15) is 91.3 Å². The zero-order valence-electron chi connectivity index (χ0n) is 33.1. The van der Waals surface area contributed by atoms with E-state index in [0.717, 1.165) is 48.5 Å². The van der Waals surface area contributed by atoms with Gasteiger partial charge in [0.25, 0.3) is 0 Å². The Labute approximate surface area is 366 Å². The number of aliphatic hydroxyl groups excluding tert-OH is 1. The topological polar surface area (TPSA) is 393 Å². The molecule has 0 saturated carbocycles. The van der Waals surface area contributed by atoms with Crippen molar-refractivity contribution < 1.29 is 95.3 Å². The average molecular weight is 911 g/mol. The van der Waals surface area contributed by atoms with Crippen molar-refractivity contribution in [2.75, 3.05) is 0 Å². The molecule has 9 rings (SSSR count). The van der Waals surface area contributed by atoms with Gasteiger partial charge in [0.15, 0.2) is 51.8 Å². The van der Waals surface area contributed by atoms with Gasteiger partial charge in [-0.15, -0.1) is 0 Å². The Morgan fingerprint density at radius 2 is 0.879 bits per heavy atom. The van der Waals surface area contributed by atoms with Gasteiger partial charge < -0.3 is 95.3 Å². The molecular weight excluding hydrogens is 876 g/mol. The van der Waals surface area contributed by atoms with E-state index < -0.39 is 74.8 Å². The number of aliphatic hydroxyl groups is 1. The predicted molar refractivity (Wildman–Crippen MR) is 227 cm³/mol. The molecule has 340 valence electrons. The smallest absolute Gasteiger partial charge is 0.238 e. The van der Waals surface area contributed by atoms with Gasteiger partial charge >= 0.3 is 0 Å². The van der Waals surface area contributed by atoms with Crippen molar-refractivity contribution in [3.8, 4) is 115 Å². The molecule has 21 heteroatoms. The third-order valence-corrected chi connectivity index (χ3v) is 9.96. The Balaban J connectivity index is 0.000000147. The quantitative estimate of drug-likeness (QED) is 0.101. The number of aromatic hydroxyl groups is 15. The molecule has 2 unspecified atom stereocenters. The summed E-state index contributed by atoms with van der Waals surface area (Å²) in [6, 6.07) is 16.2. The monoisotopic (exact) mass is 910 g/mol. The van der Waals surface area contributed by atoms with Crippen molar-refractivity contribution in [1.29, 1.82) is 0 Å². The minimum absolute atomic E-state index is 0.0999. The SMILES string of the molecule is O=c1c(O)c(-c2cc(O)c(O)c(O)c2)oc2cc(O)cc(O)c12.O=c1c(O)c(-c2ccc(O)c(O)c2)oc2cc(O)cc(O)c12.Oc1cc(O)c2c(c1)OC(c1ccc(O)c(O)c1)C(O)C2. The summed E-state index contributed by atoms with van der Waals surface area (Å²) in [7, 11) is 0. The number of phenolic OH excluding ortho intramolecular Hbond substituents is 13. The fourth-order valence-electron chi connectivity index (χ4n) is 6.81. The molecule has 1 aliphatic rings. The van der Waals surface area contributed by atoms with Crippen molar-refractivity contribution in [2.24, 2.45) is 0 Å². The molecule has 0 bridgehead atoms. The van der Waals surface area contributed by atoms with E-state index in [-0.39, 0.29) is 91.2 Å². The van der Waals surface area contributed by atoms with Gasteiger partial charge in [0.1, 0.15) is 68.3 Å². The van der Waals surface area contributed by atoms with Gasteiger partial charge in [0, 0.05) is 59.5 Å². The van der Waals surface area contributed by atoms with E-state index in [1.54, 1.807) is 0 Å². The van der Waals surface area contributed by atoms with E-state index in [1.807, 2.05) is 0 Å². The van der Waals surface area contributed by atoms with E-state index >= 15 is 0 Å². The molecule has 0 saturated heterocycles. The van der Waals surface area contributed by atoms with Crippen LogP contribution in [0.15, 0.2) is 103 Å². The van der Waals surface area contributed by atoms with Gasteiger partial charge in [-0.3, -0.25) is 9.59 Å². The van der Waals surface area contributed by atoms with E-state index in [1.165, 1.54) is 36.4 Å². The lowest BCUT2D eigenvalue weighted by Gasteiger charge is -2.31. The summed E-state index contributed by atoms with van der Waals surface area (Å²) in [6.45, 7) is 0. The molecule has 2 aromatic heterocycles. The van der Waals surface area contributed by atoms with Crippen LogP contribution in [-0.4, -0.2) is 87.8 Å². The summed E-state index contributed by atoms with van der Waals surface area (Å²) in [5, 5.41) is 153. The molecule has 66 heavy (non-hydrogen) atoms. The highest BCUT2D eigenvalue weighted by Gasteiger charge is 2.32. The molecule has 21 nitrogen and oxygen atoms in total. The minimum atomic E-state index is -0.967. The molecule has 2 atom stereocenters. The van der Waals surface area contributed by atoms with Gasteiger partial charge in [0.05, 0.1) is 6.10 Å². The van der Waals surface area contributed by atoms with Gasteiger partial charge in [-0.2, -0.15) is 0 Å². The number of hydrogen-bond donors (Lipinski definition) is 16. The van der Waals surface area contributed by atoms with Gasteiger partial charge in [-0.1, -0.05) is 6.07 Å². The Hall–Kier alpha value is -9.50. The third-order valence-electron chi connectivity index (χ3n) is 9.96. The molecule has 0 spiro atoms. The highest BCUT2D eigenvalue weighted by Crippen LogP contribution is 2.44. The molecule has 3 heterocycles. The van der Waals surface area contributed by atoms with Crippen LogP contribution in [0.3, 0.4) is 0 Å². The second kappa shape index (κ2) is 17.0. The van der Waals surface area contributed by atoms with E-state index in [0.29, 0.717) is 11.1 Å². The maximum absolute atomic E-state index is 12.2. The number of ether oxygens (including phenoxy) is 1. The van der Waals surface area contributed by atoms with E-state index in [4.69, 9.17) is 13.6 Å². The van der Waals surface area contributed by atoms with Crippen molar-refractivity contribution in [3.05, 3.63) is 117 Å². The summed E-state index contributed by atoms with van der Waals surface area (Å²) < 4.78 is 16.3. The fourth-order valence-corrected chi connectivity index (χ4v) is 6.81. The normalized spacial score (nSPS) is 14.0. The van der Waals surface area contributed by atoms with Gasteiger partial charge in [-0.05, 0) is 48.0 Å². The first-order chi connectivity index (χ1) is 31.1. The molecular formula is C45H34O21. The Morgan fingerprint density at radius 1 is 0.424 bits per heavy atom. The van der Waals surface area contributed by atoms with Crippen LogP contribution in [0, 0.1) is 0 Å². The van der Waals surface area contributed by atoms with Gasteiger partial charge in [0.2, 0.25) is 22.4 Å². The molecule has 0 fully saturated rings. The zero-order valence-corrected chi connectivity index (χ0v) is 33.1. The maximum Gasteiger partial charge on any atom is 0.238 e. The standard InChI is InChI=1S/C15H10O8.C15H10O7.C15H14O6/c16-6-3-7(17)11-10(4-6)23-15(14(22)13(11)21)5-1-8(18)12(20)9(19)2-5;16-7-4-10(19)12-11(5-7)22-15(14(21)13(12)20)6-1-2-8(17)9(18)3-6;16-8-4-11(18)9-6-13(20)15(21-14(9)5-8)7-1-2-10(17)12(19)3-7/h1-4,16-20,22H;1-5,16-19,21H;1-5,13,15-20H,6H2. The highest BCUT2D eigenvalue weighted by atomic mass is 16.5. The third kappa shape index (κ3) is 8.37. The van der Waals surface area contributed by atoms with E-state index in [2.05, 4.69) is 0 Å². The number of fused-ring (bicyclic) bond motifs is 3. The van der Waals surface area contributed by atoms with Crippen LogP contribution in [0.1, 0.15) is 17.2 Å². The first-order valence-corrected chi connectivity index (χ1v) is 18.8. The molecule has 1 aliphatic heterocycles. The Morgan fingerprint density at radius 3 is 1.39 bits per heavy atom. The fraction of sp³-hybridized carbons (Fsp3) is 0.0667. The van der Waals surface area contributed by atoms with Crippen LogP contribution in [0.5, 0.6) is 92.0 Å². The highest BCUT2D eigenvalue weighted by molar-refractivity contribution is 5.89. The Kier molecular flexibility index (Phi) is 11.5. The van der Waals surface area contributed by atoms with Crippen molar-refractivity contribution in [1.82, 2.24) is 0 Å².